The average molecular weight is 328 g/mol. The quantitative estimate of drug-likeness (QED) is 0.732. The summed E-state index contributed by atoms with van der Waals surface area (Å²) in [6, 6.07) is 7.71. The Labute approximate surface area is 134 Å². The number of hydrogen-bond donors (Lipinski definition) is 2. The van der Waals surface area contributed by atoms with Crippen molar-refractivity contribution < 1.29 is 19.2 Å². The van der Waals surface area contributed by atoms with Crippen molar-refractivity contribution in [2.24, 2.45) is 0 Å². The molecule has 122 valence electrons. The predicted octanol–water partition coefficient (Wildman–Crippen LogP) is 1.03. The Balaban J connectivity index is 1.97. The highest BCUT2D eigenvalue weighted by Crippen LogP contribution is 2.13. The number of aromatic nitrogens is 3. The summed E-state index contributed by atoms with van der Waals surface area (Å²) in [5.74, 6) is -1.15. The van der Waals surface area contributed by atoms with E-state index >= 15 is 0 Å². The Morgan fingerprint density at radius 1 is 1.29 bits per heavy atom. The molecule has 9 nitrogen and oxygen atoms in total. The SMILES string of the molecule is Cc1cc(NC(=O)Cn2nc(C(=O)O)c3ccccc3c2=O)no1. The molecule has 0 aliphatic carbocycles. The van der Waals surface area contributed by atoms with Gasteiger partial charge in [-0.2, -0.15) is 5.10 Å². The van der Waals surface area contributed by atoms with Crippen molar-refractivity contribution in [2.75, 3.05) is 5.32 Å². The maximum atomic E-state index is 12.4. The number of anilines is 1. The van der Waals surface area contributed by atoms with Crippen LogP contribution in [-0.2, 0) is 11.3 Å². The van der Waals surface area contributed by atoms with E-state index < -0.39 is 24.0 Å². The molecule has 0 radical (unpaired) electrons. The van der Waals surface area contributed by atoms with E-state index in [4.69, 9.17) is 4.52 Å². The zero-order chi connectivity index (χ0) is 17.3. The normalized spacial score (nSPS) is 10.7. The summed E-state index contributed by atoms with van der Waals surface area (Å²) >= 11 is 0. The van der Waals surface area contributed by atoms with Crippen LogP contribution in [0.25, 0.3) is 10.8 Å². The first-order chi connectivity index (χ1) is 11.5. The van der Waals surface area contributed by atoms with Gasteiger partial charge >= 0.3 is 5.97 Å². The summed E-state index contributed by atoms with van der Waals surface area (Å²) in [5.41, 5.74) is -0.850. The molecule has 0 saturated heterocycles. The topological polar surface area (TPSA) is 127 Å². The molecular formula is C15H12N4O5. The second kappa shape index (κ2) is 5.95. The molecule has 2 aromatic heterocycles. The van der Waals surface area contributed by atoms with Crippen molar-refractivity contribution in [2.45, 2.75) is 13.5 Å². The van der Waals surface area contributed by atoms with Gasteiger partial charge in [-0.25, -0.2) is 9.48 Å². The minimum atomic E-state index is -1.28. The molecule has 0 bridgehead atoms. The number of rotatable bonds is 4. The third-order valence-corrected chi connectivity index (χ3v) is 3.26. The minimum Gasteiger partial charge on any atom is -0.476 e. The molecule has 9 heteroatoms. The number of fused-ring (bicyclic) bond motifs is 1. The number of carboxylic acids is 1. The lowest BCUT2D eigenvalue weighted by atomic mass is 10.1. The first-order valence-electron chi connectivity index (χ1n) is 6.92. The van der Waals surface area contributed by atoms with Gasteiger partial charge in [0, 0.05) is 11.5 Å². The summed E-state index contributed by atoms with van der Waals surface area (Å²) in [7, 11) is 0. The van der Waals surface area contributed by atoms with Gasteiger partial charge in [0.25, 0.3) is 5.56 Å². The zero-order valence-electron chi connectivity index (χ0n) is 12.5. The van der Waals surface area contributed by atoms with Gasteiger partial charge in [0.05, 0.1) is 5.39 Å². The Kier molecular flexibility index (Phi) is 3.82. The highest BCUT2D eigenvalue weighted by Gasteiger charge is 2.17. The summed E-state index contributed by atoms with van der Waals surface area (Å²) in [5, 5.41) is 19.5. The lowest BCUT2D eigenvalue weighted by Gasteiger charge is -2.08. The van der Waals surface area contributed by atoms with Crippen molar-refractivity contribution in [1.29, 1.82) is 0 Å². The van der Waals surface area contributed by atoms with Gasteiger partial charge in [0.15, 0.2) is 11.5 Å². The Hall–Kier alpha value is -3.49. The number of benzene rings is 1. The third kappa shape index (κ3) is 2.86. The molecule has 0 atom stereocenters. The molecule has 3 rings (SSSR count). The van der Waals surface area contributed by atoms with Crippen LogP contribution in [0.2, 0.25) is 0 Å². The van der Waals surface area contributed by atoms with Gasteiger partial charge in [0.1, 0.15) is 12.3 Å². The molecule has 3 aromatic rings. The molecular weight excluding hydrogens is 316 g/mol. The number of carboxylic acid groups (broad SMARTS) is 1. The van der Waals surface area contributed by atoms with Crippen molar-refractivity contribution in [3.63, 3.8) is 0 Å². The van der Waals surface area contributed by atoms with E-state index in [1.165, 1.54) is 18.2 Å². The first-order valence-corrected chi connectivity index (χ1v) is 6.92. The van der Waals surface area contributed by atoms with E-state index in [2.05, 4.69) is 15.6 Å². The van der Waals surface area contributed by atoms with E-state index in [0.717, 1.165) is 4.68 Å². The van der Waals surface area contributed by atoms with E-state index in [1.54, 1.807) is 19.1 Å². The maximum absolute atomic E-state index is 12.4. The fourth-order valence-electron chi connectivity index (χ4n) is 2.24. The molecule has 1 amide bonds. The second-order valence-electron chi connectivity index (χ2n) is 5.03. The highest BCUT2D eigenvalue weighted by atomic mass is 16.5. The molecule has 2 heterocycles. The molecule has 1 aromatic carbocycles. The van der Waals surface area contributed by atoms with Crippen molar-refractivity contribution in [1.82, 2.24) is 14.9 Å². The van der Waals surface area contributed by atoms with Crippen LogP contribution in [0.4, 0.5) is 5.82 Å². The van der Waals surface area contributed by atoms with Gasteiger partial charge in [-0.1, -0.05) is 23.4 Å². The van der Waals surface area contributed by atoms with Crippen LogP contribution in [0.3, 0.4) is 0 Å². The van der Waals surface area contributed by atoms with Crippen LogP contribution in [0, 0.1) is 6.92 Å². The molecule has 0 aliphatic heterocycles. The largest absolute Gasteiger partial charge is 0.476 e. The Bertz CT molecular complexity index is 1000. The van der Waals surface area contributed by atoms with Gasteiger partial charge in [0.2, 0.25) is 5.91 Å². The number of nitrogens with one attached hydrogen (secondary N) is 1. The summed E-state index contributed by atoms with van der Waals surface area (Å²) in [6.07, 6.45) is 0. The second-order valence-corrected chi connectivity index (χ2v) is 5.03. The third-order valence-electron chi connectivity index (χ3n) is 3.26. The molecule has 2 N–H and O–H groups in total. The molecule has 24 heavy (non-hydrogen) atoms. The number of amides is 1. The monoisotopic (exact) mass is 328 g/mol. The van der Waals surface area contributed by atoms with Crippen LogP contribution >= 0.6 is 0 Å². The standard InChI is InChI=1S/C15H12N4O5/c1-8-6-11(18-24-8)16-12(20)7-19-14(21)10-5-3-2-4-9(10)13(17-19)15(22)23/h2-6H,7H2,1H3,(H,22,23)(H,16,18,20). The van der Waals surface area contributed by atoms with Crippen molar-refractivity contribution >= 4 is 28.5 Å². The highest BCUT2D eigenvalue weighted by molar-refractivity contribution is 6.01. The molecule has 0 spiro atoms. The van der Waals surface area contributed by atoms with Gasteiger partial charge in [-0.15, -0.1) is 0 Å². The molecule has 0 aliphatic rings. The lowest BCUT2D eigenvalue weighted by Crippen LogP contribution is -2.31. The van der Waals surface area contributed by atoms with Crippen LogP contribution < -0.4 is 10.9 Å². The maximum Gasteiger partial charge on any atom is 0.357 e. The smallest absolute Gasteiger partial charge is 0.357 e. The predicted molar refractivity (Wildman–Crippen MR) is 82.8 cm³/mol. The van der Waals surface area contributed by atoms with Crippen molar-refractivity contribution in [3.8, 4) is 0 Å². The summed E-state index contributed by atoms with van der Waals surface area (Å²) in [6.45, 7) is 1.22. The fourth-order valence-corrected chi connectivity index (χ4v) is 2.24. The summed E-state index contributed by atoms with van der Waals surface area (Å²) in [4.78, 5) is 35.8. The first kappa shape index (κ1) is 15.4. The van der Waals surface area contributed by atoms with Gasteiger partial charge in [-0.3, -0.25) is 9.59 Å². The Morgan fingerprint density at radius 3 is 2.62 bits per heavy atom. The molecule has 0 unspecified atom stereocenters. The van der Waals surface area contributed by atoms with Crippen LogP contribution in [0.1, 0.15) is 16.2 Å². The average Bonchev–Trinajstić information content (AvgIpc) is 2.94. The Morgan fingerprint density at radius 2 is 2.00 bits per heavy atom. The van der Waals surface area contributed by atoms with Crippen molar-refractivity contribution in [3.05, 3.63) is 52.1 Å². The number of aromatic carboxylic acids is 1. The molecule has 0 saturated carbocycles. The van der Waals surface area contributed by atoms with Gasteiger partial charge in [-0.05, 0) is 13.0 Å². The van der Waals surface area contributed by atoms with Crippen LogP contribution in [0.5, 0.6) is 0 Å². The zero-order valence-corrected chi connectivity index (χ0v) is 12.5. The van der Waals surface area contributed by atoms with Crippen LogP contribution in [0.15, 0.2) is 39.6 Å². The lowest BCUT2D eigenvalue weighted by molar-refractivity contribution is -0.117. The minimum absolute atomic E-state index is 0.176. The summed E-state index contributed by atoms with van der Waals surface area (Å²) < 4.78 is 5.63. The van der Waals surface area contributed by atoms with E-state index in [-0.39, 0.29) is 22.3 Å². The number of aryl methyl sites for hydroxylation is 1. The number of carbonyl (C=O) groups is 2. The fraction of sp³-hybridized carbons (Fsp3) is 0.133. The number of carbonyl (C=O) groups excluding carboxylic acids is 1. The van der Waals surface area contributed by atoms with E-state index in [9.17, 15) is 19.5 Å². The van der Waals surface area contributed by atoms with Gasteiger partial charge < -0.3 is 14.9 Å². The molecule has 0 fully saturated rings. The van der Waals surface area contributed by atoms with E-state index in [0.29, 0.717) is 5.76 Å². The van der Waals surface area contributed by atoms with E-state index in [1.807, 2.05) is 0 Å². The number of hydrogen-bond acceptors (Lipinski definition) is 6. The van der Waals surface area contributed by atoms with Crippen LogP contribution in [-0.4, -0.2) is 31.9 Å². The number of nitrogens with zero attached hydrogens (tertiary/aromatic N) is 3.